The molecule has 2 aromatic rings. The second-order valence-electron chi connectivity index (χ2n) is 10.7. The lowest BCUT2D eigenvalue weighted by Crippen LogP contribution is -2.44. The number of hydrogen-bond acceptors (Lipinski definition) is 5. The smallest absolute Gasteiger partial charge is 0.406 e. The van der Waals surface area contributed by atoms with Crippen molar-refractivity contribution in [1.29, 1.82) is 0 Å². The van der Waals surface area contributed by atoms with Crippen molar-refractivity contribution < 1.29 is 27.5 Å². The van der Waals surface area contributed by atoms with Gasteiger partial charge in [0, 0.05) is 56.6 Å². The van der Waals surface area contributed by atoms with Crippen LogP contribution in [-0.2, 0) is 11.2 Å². The summed E-state index contributed by atoms with van der Waals surface area (Å²) in [5.74, 6) is -0.520. The molecular weight excluding hydrogens is 497 g/mol. The molecule has 1 unspecified atom stereocenters. The molecule has 38 heavy (non-hydrogen) atoms. The van der Waals surface area contributed by atoms with Gasteiger partial charge in [0.25, 0.3) is 5.91 Å². The quantitative estimate of drug-likeness (QED) is 0.617. The molecule has 2 aliphatic heterocycles. The van der Waals surface area contributed by atoms with Gasteiger partial charge in [0.2, 0.25) is 5.91 Å². The van der Waals surface area contributed by atoms with Crippen LogP contribution in [0.1, 0.15) is 35.2 Å². The molecule has 5 rings (SSSR count). The van der Waals surface area contributed by atoms with E-state index in [1.54, 1.807) is 11.0 Å². The maximum atomic E-state index is 12.9. The number of rotatable bonds is 6. The average Bonchev–Trinajstić information content (AvgIpc) is 3.54. The van der Waals surface area contributed by atoms with E-state index in [-0.39, 0.29) is 35.4 Å². The number of carbonyl (C=O) groups is 2. The topological polar surface area (TPSA) is 65.1 Å². The number of halogens is 3. The fourth-order valence-electron chi connectivity index (χ4n) is 5.57. The number of nitrogens with zero attached hydrogens (tertiary/aromatic N) is 3. The van der Waals surface area contributed by atoms with Crippen molar-refractivity contribution in [3.63, 3.8) is 0 Å². The predicted molar refractivity (Wildman–Crippen MR) is 137 cm³/mol. The van der Waals surface area contributed by atoms with Crippen LogP contribution in [0.5, 0.6) is 5.75 Å². The lowest BCUT2D eigenvalue weighted by molar-refractivity contribution is -0.274. The highest BCUT2D eigenvalue weighted by atomic mass is 19.4. The predicted octanol–water partition coefficient (Wildman–Crippen LogP) is 3.69. The Labute approximate surface area is 220 Å². The number of benzene rings is 2. The summed E-state index contributed by atoms with van der Waals surface area (Å²) in [5, 5.41) is 3.18. The van der Waals surface area contributed by atoms with Crippen LogP contribution >= 0.6 is 0 Å². The van der Waals surface area contributed by atoms with Gasteiger partial charge in [0.05, 0.1) is 6.42 Å². The Morgan fingerprint density at radius 3 is 2.34 bits per heavy atom. The van der Waals surface area contributed by atoms with Crippen LogP contribution in [0.3, 0.4) is 0 Å². The summed E-state index contributed by atoms with van der Waals surface area (Å²) in [5.41, 5.74) is 2.28. The molecule has 204 valence electrons. The van der Waals surface area contributed by atoms with Crippen LogP contribution < -0.4 is 15.0 Å². The number of ether oxygens (including phenoxy) is 1. The van der Waals surface area contributed by atoms with Gasteiger partial charge in [-0.1, -0.05) is 12.1 Å². The fourth-order valence-corrected chi connectivity index (χ4v) is 5.57. The SMILES string of the molecule is CN1CCN(c2ccc(C(=O)NC3CC34CCN(C(=O)Cc3cccc(OC(F)(F)F)c3)CC4)cc2)CC1. The second-order valence-corrected chi connectivity index (χ2v) is 10.7. The Balaban J connectivity index is 1.08. The minimum Gasteiger partial charge on any atom is -0.406 e. The van der Waals surface area contributed by atoms with Gasteiger partial charge in [-0.3, -0.25) is 9.59 Å². The molecule has 0 radical (unpaired) electrons. The van der Waals surface area contributed by atoms with Gasteiger partial charge in [0.1, 0.15) is 5.75 Å². The number of piperazine rings is 1. The second kappa shape index (κ2) is 10.5. The first-order valence-electron chi connectivity index (χ1n) is 13.1. The van der Waals surface area contributed by atoms with E-state index in [0.29, 0.717) is 24.2 Å². The number of carbonyl (C=O) groups excluding carboxylic acids is 2. The van der Waals surface area contributed by atoms with Crippen molar-refractivity contribution in [1.82, 2.24) is 15.1 Å². The van der Waals surface area contributed by atoms with Crippen LogP contribution in [0.15, 0.2) is 48.5 Å². The fraction of sp³-hybridized carbons (Fsp3) is 0.500. The van der Waals surface area contributed by atoms with Crippen molar-refractivity contribution in [3.8, 4) is 5.75 Å². The molecule has 1 N–H and O–H groups in total. The van der Waals surface area contributed by atoms with Gasteiger partial charge < -0.3 is 24.8 Å². The summed E-state index contributed by atoms with van der Waals surface area (Å²) in [7, 11) is 2.12. The number of nitrogens with one attached hydrogen (secondary N) is 1. The summed E-state index contributed by atoms with van der Waals surface area (Å²) in [4.78, 5) is 32.0. The summed E-state index contributed by atoms with van der Waals surface area (Å²) < 4.78 is 41.4. The molecular formula is C28H33F3N4O3. The van der Waals surface area contributed by atoms with E-state index in [1.165, 1.54) is 18.2 Å². The third kappa shape index (κ3) is 6.23. The lowest BCUT2D eigenvalue weighted by atomic mass is 9.92. The van der Waals surface area contributed by atoms with E-state index in [4.69, 9.17) is 0 Å². The van der Waals surface area contributed by atoms with Gasteiger partial charge in [-0.25, -0.2) is 0 Å². The van der Waals surface area contributed by atoms with E-state index in [2.05, 4.69) is 26.9 Å². The monoisotopic (exact) mass is 530 g/mol. The van der Waals surface area contributed by atoms with Gasteiger partial charge in [-0.2, -0.15) is 0 Å². The Bertz CT molecular complexity index is 1150. The van der Waals surface area contributed by atoms with Gasteiger partial charge in [-0.05, 0) is 73.7 Å². The highest BCUT2D eigenvalue weighted by molar-refractivity contribution is 5.95. The molecule has 2 heterocycles. The number of amides is 2. The van der Waals surface area contributed by atoms with E-state index in [1.807, 2.05) is 24.3 Å². The zero-order valence-electron chi connectivity index (χ0n) is 21.5. The van der Waals surface area contributed by atoms with Crippen LogP contribution in [0.2, 0.25) is 0 Å². The number of piperidine rings is 1. The van der Waals surface area contributed by atoms with Gasteiger partial charge in [-0.15, -0.1) is 13.2 Å². The maximum absolute atomic E-state index is 12.9. The Morgan fingerprint density at radius 1 is 1.00 bits per heavy atom. The molecule has 3 fully saturated rings. The third-order valence-electron chi connectivity index (χ3n) is 8.09. The zero-order valence-corrected chi connectivity index (χ0v) is 21.5. The summed E-state index contributed by atoms with van der Waals surface area (Å²) in [6.45, 7) is 5.15. The minimum atomic E-state index is -4.77. The van der Waals surface area contributed by atoms with E-state index in [0.717, 1.165) is 51.1 Å². The highest BCUT2D eigenvalue weighted by Crippen LogP contribution is 2.54. The van der Waals surface area contributed by atoms with Gasteiger partial charge in [0.15, 0.2) is 0 Å². The molecule has 1 saturated carbocycles. The molecule has 0 aromatic heterocycles. The maximum Gasteiger partial charge on any atom is 0.573 e. The number of likely N-dealkylation sites (N-methyl/N-ethyl adjacent to an activating group) is 1. The normalized spacial score (nSPS) is 21.3. The number of likely N-dealkylation sites (tertiary alicyclic amines) is 1. The van der Waals surface area contributed by atoms with Crippen molar-refractivity contribution in [2.24, 2.45) is 5.41 Å². The zero-order chi connectivity index (χ0) is 26.9. The molecule has 2 amide bonds. The van der Waals surface area contributed by atoms with Gasteiger partial charge >= 0.3 is 6.36 Å². The molecule has 1 atom stereocenters. The molecule has 3 aliphatic rings. The first kappa shape index (κ1) is 26.3. The Hall–Kier alpha value is -3.27. The van der Waals surface area contributed by atoms with E-state index in [9.17, 15) is 22.8 Å². The highest BCUT2D eigenvalue weighted by Gasteiger charge is 2.55. The van der Waals surface area contributed by atoms with E-state index >= 15 is 0 Å². The molecule has 1 spiro atoms. The van der Waals surface area contributed by atoms with Crippen molar-refractivity contribution >= 4 is 17.5 Å². The number of anilines is 1. The standard InChI is InChI=1S/C28H33F3N4O3/c1-33-13-15-34(16-14-33)22-7-5-21(6-8-22)26(37)32-24-19-27(24)9-11-35(12-10-27)25(36)18-20-3-2-4-23(17-20)38-28(29,30)31/h2-8,17,24H,9-16,18-19H2,1H3,(H,32,37). The summed E-state index contributed by atoms with van der Waals surface area (Å²) >= 11 is 0. The minimum absolute atomic E-state index is 0.0202. The van der Waals surface area contributed by atoms with Crippen LogP contribution in [0.4, 0.5) is 18.9 Å². The summed E-state index contributed by atoms with van der Waals surface area (Å²) in [6, 6.07) is 13.4. The Morgan fingerprint density at radius 2 is 1.68 bits per heavy atom. The van der Waals surface area contributed by atoms with Crippen LogP contribution in [0, 0.1) is 5.41 Å². The van der Waals surface area contributed by atoms with Crippen molar-refractivity contribution in [2.45, 2.75) is 38.1 Å². The van der Waals surface area contributed by atoms with Crippen LogP contribution in [-0.4, -0.2) is 80.3 Å². The molecule has 1 aliphatic carbocycles. The van der Waals surface area contributed by atoms with Crippen LogP contribution in [0.25, 0.3) is 0 Å². The molecule has 0 bridgehead atoms. The van der Waals surface area contributed by atoms with Crippen molar-refractivity contribution in [2.75, 3.05) is 51.2 Å². The average molecular weight is 531 g/mol. The largest absolute Gasteiger partial charge is 0.573 e. The molecule has 2 aromatic carbocycles. The summed E-state index contributed by atoms with van der Waals surface area (Å²) in [6.07, 6.45) is -2.26. The number of alkyl halides is 3. The first-order valence-corrected chi connectivity index (χ1v) is 13.1. The Kier molecular flexibility index (Phi) is 7.26. The van der Waals surface area contributed by atoms with E-state index < -0.39 is 6.36 Å². The molecule has 2 saturated heterocycles. The molecule has 10 heteroatoms. The molecule has 7 nitrogen and oxygen atoms in total. The first-order chi connectivity index (χ1) is 18.1. The lowest BCUT2D eigenvalue weighted by Gasteiger charge is -2.34. The number of hydrogen-bond donors (Lipinski definition) is 1. The van der Waals surface area contributed by atoms with Crippen molar-refractivity contribution in [3.05, 3.63) is 59.7 Å². The third-order valence-corrected chi connectivity index (χ3v) is 8.09.